The van der Waals surface area contributed by atoms with Crippen LogP contribution in [0.1, 0.15) is 23.7 Å². The Morgan fingerprint density at radius 2 is 2.28 bits per heavy atom. The van der Waals surface area contributed by atoms with E-state index >= 15 is 0 Å². The normalized spacial score (nSPS) is 19.0. The summed E-state index contributed by atoms with van der Waals surface area (Å²) in [5.41, 5.74) is 0.393. The van der Waals surface area contributed by atoms with Gasteiger partial charge in [-0.05, 0) is 41.0 Å². The molecule has 0 saturated carbocycles. The van der Waals surface area contributed by atoms with Crippen molar-refractivity contribution in [2.45, 2.75) is 13.3 Å². The molecule has 1 unspecified atom stereocenters. The average Bonchev–Trinajstić information content (AvgIpc) is 2.75. The predicted octanol–water partition coefficient (Wildman–Crippen LogP) is 2.68. The topological polar surface area (TPSA) is 63.5 Å². The Morgan fingerprint density at radius 3 is 2.83 bits per heavy atom. The molecule has 0 spiro atoms. The van der Waals surface area contributed by atoms with E-state index in [-0.39, 0.29) is 11.6 Å². The van der Waals surface area contributed by atoms with Crippen molar-refractivity contribution in [2.75, 3.05) is 13.1 Å². The molecule has 0 radical (unpaired) electrons. The molecule has 2 rings (SSSR count). The zero-order chi connectivity index (χ0) is 13.3. The van der Waals surface area contributed by atoms with Gasteiger partial charge >= 0.3 is 0 Å². The number of carbonyl (C=O) groups is 1. The van der Waals surface area contributed by atoms with Crippen LogP contribution in [0.25, 0.3) is 0 Å². The molecule has 18 heavy (non-hydrogen) atoms. The molecule has 1 heterocycles. The lowest BCUT2D eigenvalue weighted by Crippen LogP contribution is -2.29. The number of likely N-dealkylation sites (tertiary alicyclic amines) is 1. The largest absolute Gasteiger partial charge is 0.338 e. The van der Waals surface area contributed by atoms with Crippen LogP contribution < -0.4 is 0 Å². The summed E-state index contributed by atoms with van der Waals surface area (Å²) in [4.78, 5) is 24.3. The number of nitro benzene ring substituents is 1. The van der Waals surface area contributed by atoms with Gasteiger partial charge in [0.2, 0.25) is 0 Å². The highest BCUT2D eigenvalue weighted by molar-refractivity contribution is 14.1. The van der Waals surface area contributed by atoms with Crippen LogP contribution in [0.3, 0.4) is 0 Å². The van der Waals surface area contributed by atoms with Gasteiger partial charge in [-0.25, -0.2) is 0 Å². The number of halogens is 1. The smallest absolute Gasteiger partial charge is 0.270 e. The summed E-state index contributed by atoms with van der Waals surface area (Å²) in [6, 6.07) is 4.41. The first-order valence-electron chi connectivity index (χ1n) is 5.72. The van der Waals surface area contributed by atoms with Crippen molar-refractivity contribution in [3.05, 3.63) is 37.4 Å². The highest BCUT2D eigenvalue weighted by Crippen LogP contribution is 2.24. The zero-order valence-electron chi connectivity index (χ0n) is 9.93. The standard InChI is InChI=1S/C12H13IN2O3/c1-8-4-5-14(7-8)12(16)10-6-9(15(17)18)2-3-11(10)13/h2-3,6,8H,4-5,7H2,1H3. The van der Waals surface area contributed by atoms with Crippen molar-refractivity contribution in [3.8, 4) is 0 Å². The lowest BCUT2D eigenvalue weighted by molar-refractivity contribution is -0.384. The molecule has 1 aromatic rings. The first kappa shape index (κ1) is 13.3. The molecule has 1 aromatic carbocycles. The van der Waals surface area contributed by atoms with Crippen molar-refractivity contribution in [1.82, 2.24) is 4.90 Å². The molecule has 0 aliphatic carbocycles. The molecule has 1 saturated heterocycles. The number of hydrogen-bond acceptors (Lipinski definition) is 3. The molecule has 6 heteroatoms. The summed E-state index contributed by atoms with van der Waals surface area (Å²) < 4.78 is 0.753. The Balaban J connectivity index is 2.29. The highest BCUT2D eigenvalue weighted by atomic mass is 127. The molecule has 1 fully saturated rings. The van der Waals surface area contributed by atoms with Crippen LogP contribution in [0, 0.1) is 19.6 Å². The van der Waals surface area contributed by atoms with Crippen LogP contribution in [0.15, 0.2) is 18.2 Å². The third-order valence-corrected chi connectivity index (χ3v) is 4.04. The predicted molar refractivity (Wildman–Crippen MR) is 75.5 cm³/mol. The Kier molecular flexibility index (Phi) is 3.84. The average molecular weight is 360 g/mol. The Bertz CT molecular complexity index is 504. The number of nitrogens with zero attached hydrogens (tertiary/aromatic N) is 2. The van der Waals surface area contributed by atoms with Crippen LogP contribution in [0.4, 0.5) is 5.69 Å². The van der Waals surface area contributed by atoms with Gasteiger partial charge in [-0.1, -0.05) is 6.92 Å². The number of nitro groups is 1. The van der Waals surface area contributed by atoms with E-state index in [1.54, 1.807) is 11.0 Å². The lowest BCUT2D eigenvalue weighted by atomic mass is 10.1. The summed E-state index contributed by atoms with van der Waals surface area (Å²) in [5.74, 6) is 0.401. The summed E-state index contributed by atoms with van der Waals surface area (Å²) in [5, 5.41) is 10.7. The highest BCUT2D eigenvalue weighted by Gasteiger charge is 2.26. The van der Waals surface area contributed by atoms with Crippen LogP contribution >= 0.6 is 22.6 Å². The molecule has 1 amide bonds. The van der Waals surface area contributed by atoms with E-state index in [0.29, 0.717) is 11.5 Å². The third kappa shape index (κ3) is 2.63. The number of benzene rings is 1. The maximum absolute atomic E-state index is 12.3. The second-order valence-electron chi connectivity index (χ2n) is 4.57. The molecular formula is C12H13IN2O3. The maximum atomic E-state index is 12.3. The summed E-state index contributed by atoms with van der Waals surface area (Å²) in [6.45, 7) is 3.57. The van der Waals surface area contributed by atoms with Crippen molar-refractivity contribution in [3.63, 3.8) is 0 Å². The van der Waals surface area contributed by atoms with Gasteiger partial charge < -0.3 is 4.90 Å². The fraction of sp³-hybridized carbons (Fsp3) is 0.417. The van der Waals surface area contributed by atoms with Crippen LogP contribution in [-0.2, 0) is 0 Å². The zero-order valence-corrected chi connectivity index (χ0v) is 12.1. The maximum Gasteiger partial charge on any atom is 0.270 e. The fourth-order valence-electron chi connectivity index (χ4n) is 2.08. The molecule has 96 valence electrons. The number of rotatable bonds is 2. The minimum Gasteiger partial charge on any atom is -0.338 e. The Hall–Kier alpha value is -1.18. The minimum atomic E-state index is -0.473. The summed E-state index contributed by atoms with van der Waals surface area (Å²) in [6.07, 6.45) is 0.997. The van der Waals surface area contributed by atoms with Crippen LogP contribution in [0.5, 0.6) is 0 Å². The fourth-order valence-corrected chi connectivity index (χ4v) is 2.65. The van der Waals surface area contributed by atoms with Crippen LogP contribution in [-0.4, -0.2) is 28.8 Å². The molecule has 0 bridgehead atoms. The van der Waals surface area contributed by atoms with E-state index in [1.807, 2.05) is 22.6 Å². The van der Waals surface area contributed by atoms with E-state index < -0.39 is 4.92 Å². The van der Waals surface area contributed by atoms with Gasteiger partial charge in [-0.15, -0.1) is 0 Å². The van der Waals surface area contributed by atoms with Gasteiger partial charge in [0.25, 0.3) is 11.6 Å². The van der Waals surface area contributed by atoms with E-state index in [9.17, 15) is 14.9 Å². The van der Waals surface area contributed by atoms with E-state index in [1.165, 1.54) is 12.1 Å². The van der Waals surface area contributed by atoms with E-state index in [0.717, 1.165) is 23.1 Å². The first-order chi connectivity index (χ1) is 8.49. The van der Waals surface area contributed by atoms with Crippen molar-refractivity contribution in [1.29, 1.82) is 0 Å². The quantitative estimate of drug-likeness (QED) is 0.463. The summed E-state index contributed by atoms with van der Waals surface area (Å²) >= 11 is 2.04. The number of carbonyl (C=O) groups excluding carboxylic acids is 1. The van der Waals surface area contributed by atoms with Gasteiger partial charge in [-0.3, -0.25) is 14.9 Å². The van der Waals surface area contributed by atoms with Crippen molar-refractivity contribution in [2.24, 2.45) is 5.92 Å². The van der Waals surface area contributed by atoms with Crippen LogP contribution in [0.2, 0.25) is 0 Å². The monoisotopic (exact) mass is 360 g/mol. The second-order valence-corrected chi connectivity index (χ2v) is 5.73. The number of non-ortho nitro benzene ring substituents is 1. The van der Waals surface area contributed by atoms with E-state index in [4.69, 9.17) is 0 Å². The molecular weight excluding hydrogens is 347 g/mol. The second kappa shape index (κ2) is 5.21. The van der Waals surface area contributed by atoms with Crippen molar-refractivity contribution < 1.29 is 9.72 Å². The molecule has 1 atom stereocenters. The van der Waals surface area contributed by atoms with Gasteiger partial charge in [0.1, 0.15) is 0 Å². The lowest BCUT2D eigenvalue weighted by Gasteiger charge is -2.16. The molecule has 5 nitrogen and oxygen atoms in total. The number of amides is 1. The minimum absolute atomic E-state index is 0.0361. The molecule has 0 aromatic heterocycles. The van der Waals surface area contributed by atoms with Gasteiger partial charge in [-0.2, -0.15) is 0 Å². The molecule has 1 aliphatic heterocycles. The molecule has 1 aliphatic rings. The summed E-state index contributed by atoms with van der Waals surface area (Å²) in [7, 11) is 0. The number of hydrogen-bond donors (Lipinski definition) is 0. The third-order valence-electron chi connectivity index (χ3n) is 3.10. The SMILES string of the molecule is CC1CCN(C(=O)c2cc([N+](=O)[O-])ccc2I)C1. The first-order valence-corrected chi connectivity index (χ1v) is 6.80. The Morgan fingerprint density at radius 1 is 1.56 bits per heavy atom. The Labute approximate surface area is 118 Å². The molecule has 0 N–H and O–H groups in total. The van der Waals surface area contributed by atoms with Crippen molar-refractivity contribution >= 4 is 34.2 Å². The van der Waals surface area contributed by atoms with E-state index in [2.05, 4.69) is 6.92 Å². The van der Waals surface area contributed by atoms with Gasteiger partial charge in [0.05, 0.1) is 10.5 Å². The van der Waals surface area contributed by atoms with Gasteiger partial charge in [0.15, 0.2) is 0 Å². The van der Waals surface area contributed by atoms with Gasteiger partial charge in [0, 0.05) is 28.8 Å².